The second-order valence-corrected chi connectivity index (χ2v) is 6.34. The molecule has 8 heteroatoms. The second kappa shape index (κ2) is 7.14. The molecular weight excluding hydrogens is 328 g/mol. The maximum absolute atomic E-state index is 12.9. The minimum absolute atomic E-state index is 0.0747. The van der Waals surface area contributed by atoms with Crippen LogP contribution in [0.5, 0.6) is 0 Å². The number of ether oxygens (including phenoxy) is 1. The van der Waals surface area contributed by atoms with E-state index in [4.69, 9.17) is 9.15 Å². The molecule has 0 aliphatic heterocycles. The number of hydrogen-bond donors (Lipinski definition) is 0. The van der Waals surface area contributed by atoms with Crippen LogP contribution in [0.25, 0.3) is 10.9 Å². The summed E-state index contributed by atoms with van der Waals surface area (Å²) < 4.78 is 12.3. The van der Waals surface area contributed by atoms with Gasteiger partial charge in [0.2, 0.25) is 11.8 Å². The number of thioether (sulfide) groups is 1. The average molecular weight is 346 g/mol. The summed E-state index contributed by atoms with van der Waals surface area (Å²) in [5, 5.41) is 9.00. The third kappa shape index (κ3) is 3.34. The van der Waals surface area contributed by atoms with Gasteiger partial charge in [-0.15, -0.1) is 10.2 Å². The first-order chi connectivity index (χ1) is 11.6. The quantitative estimate of drug-likeness (QED) is 0.501. The Morgan fingerprint density at radius 2 is 2.12 bits per heavy atom. The summed E-state index contributed by atoms with van der Waals surface area (Å²) >= 11 is 1.40. The van der Waals surface area contributed by atoms with E-state index in [9.17, 15) is 4.79 Å². The van der Waals surface area contributed by atoms with E-state index >= 15 is 0 Å². The van der Waals surface area contributed by atoms with E-state index in [0.29, 0.717) is 40.2 Å². The summed E-state index contributed by atoms with van der Waals surface area (Å²) in [5.74, 6) is 1.47. The molecular formula is C16H18N4O3S. The second-order valence-electron chi connectivity index (χ2n) is 5.39. The standard InChI is InChI=1S/C16H18N4O3S/c1-10(8-22-3)20-15(21)12-6-4-5-7-13(12)17-16(20)24-9-14-19-18-11(2)23-14/h4-7,10H,8-9H2,1-3H3. The Bertz CT molecular complexity index is 906. The van der Waals surface area contributed by atoms with Gasteiger partial charge in [-0.1, -0.05) is 23.9 Å². The van der Waals surface area contributed by atoms with Crippen LogP contribution in [-0.4, -0.2) is 33.5 Å². The summed E-state index contributed by atoms with van der Waals surface area (Å²) in [6.45, 7) is 4.10. The number of aryl methyl sites for hydroxylation is 1. The van der Waals surface area contributed by atoms with Crippen molar-refractivity contribution in [2.75, 3.05) is 13.7 Å². The number of nitrogens with zero attached hydrogens (tertiary/aromatic N) is 4. The van der Waals surface area contributed by atoms with Gasteiger partial charge in [-0.2, -0.15) is 0 Å². The third-order valence-electron chi connectivity index (χ3n) is 3.52. The minimum atomic E-state index is -0.133. The number of benzene rings is 1. The summed E-state index contributed by atoms with van der Waals surface area (Å²) in [5.41, 5.74) is 0.599. The molecule has 0 aliphatic rings. The van der Waals surface area contributed by atoms with Crippen LogP contribution in [0.4, 0.5) is 0 Å². The number of aromatic nitrogens is 4. The van der Waals surface area contributed by atoms with Crippen LogP contribution in [0.3, 0.4) is 0 Å². The Morgan fingerprint density at radius 3 is 2.83 bits per heavy atom. The molecule has 24 heavy (non-hydrogen) atoms. The van der Waals surface area contributed by atoms with Crippen LogP contribution in [0.2, 0.25) is 0 Å². The fraction of sp³-hybridized carbons (Fsp3) is 0.375. The van der Waals surface area contributed by atoms with Gasteiger partial charge >= 0.3 is 0 Å². The Hall–Kier alpha value is -2.19. The largest absolute Gasteiger partial charge is 0.425 e. The van der Waals surface area contributed by atoms with Crippen LogP contribution in [-0.2, 0) is 10.5 Å². The van der Waals surface area contributed by atoms with Crippen molar-refractivity contribution in [2.24, 2.45) is 0 Å². The molecule has 1 unspecified atom stereocenters. The normalized spacial score (nSPS) is 12.6. The highest BCUT2D eigenvalue weighted by Crippen LogP contribution is 2.24. The summed E-state index contributed by atoms with van der Waals surface area (Å²) in [7, 11) is 1.62. The maximum atomic E-state index is 12.9. The van der Waals surface area contributed by atoms with E-state index in [2.05, 4.69) is 15.2 Å². The number of rotatable bonds is 6. The fourth-order valence-electron chi connectivity index (χ4n) is 2.45. The van der Waals surface area contributed by atoms with Gasteiger partial charge in [-0.25, -0.2) is 4.98 Å². The highest BCUT2D eigenvalue weighted by Gasteiger charge is 2.17. The van der Waals surface area contributed by atoms with Crippen molar-refractivity contribution < 1.29 is 9.15 Å². The maximum Gasteiger partial charge on any atom is 0.262 e. The summed E-state index contributed by atoms with van der Waals surface area (Å²) in [6.07, 6.45) is 0. The van der Waals surface area contributed by atoms with Crippen molar-refractivity contribution in [1.82, 2.24) is 19.7 Å². The lowest BCUT2D eigenvalue weighted by atomic mass is 10.2. The van der Waals surface area contributed by atoms with Crippen LogP contribution in [0.1, 0.15) is 24.7 Å². The van der Waals surface area contributed by atoms with Gasteiger partial charge in [-0.3, -0.25) is 9.36 Å². The smallest absolute Gasteiger partial charge is 0.262 e. The Morgan fingerprint density at radius 1 is 1.33 bits per heavy atom. The van der Waals surface area contributed by atoms with E-state index in [0.717, 1.165) is 0 Å². The van der Waals surface area contributed by atoms with E-state index in [1.54, 1.807) is 24.7 Å². The molecule has 126 valence electrons. The lowest BCUT2D eigenvalue weighted by Gasteiger charge is -2.18. The molecule has 0 radical (unpaired) electrons. The van der Waals surface area contributed by atoms with Gasteiger partial charge in [0.25, 0.3) is 5.56 Å². The molecule has 0 N–H and O–H groups in total. The summed E-state index contributed by atoms with van der Waals surface area (Å²) in [6, 6.07) is 7.20. The molecule has 3 aromatic rings. The van der Waals surface area contributed by atoms with E-state index in [1.807, 2.05) is 25.1 Å². The first-order valence-corrected chi connectivity index (χ1v) is 8.50. The molecule has 7 nitrogen and oxygen atoms in total. The number of para-hydroxylation sites is 1. The SMILES string of the molecule is COCC(C)n1c(SCc2nnc(C)o2)nc2ccccc2c1=O. The molecule has 0 spiro atoms. The molecule has 3 rings (SSSR count). The van der Waals surface area contributed by atoms with Crippen molar-refractivity contribution in [3.63, 3.8) is 0 Å². The van der Waals surface area contributed by atoms with Gasteiger partial charge < -0.3 is 9.15 Å². The zero-order valence-corrected chi connectivity index (χ0v) is 14.5. The molecule has 2 aromatic heterocycles. The zero-order valence-electron chi connectivity index (χ0n) is 13.7. The monoisotopic (exact) mass is 346 g/mol. The highest BCUT2D eigenvalue weighted by molar-refractivity contribution is 7.98. The Balaban J connectivity index is 2.03. The van der Waals surface area contributed by atoms with Gasteiger partial charge in [0.15, 0.2) is 5.16 Å². The van der Waals surface area contributed by atoms with Crippen LogP contribution in [0, 0.1) is 6.92 Å². The number of hydrogen-bond acceptors (Lipinski definition) is 7. The molecule has 1 aromatic carbocycles. The van der Waals surface area contributed by atoms with Crippen molar-refractivity contribution in [1.29, 1.82) is 0 Å². The van der Waals surface area contributed by atoms with Gasteiger partial charge in [-0.05, 0) is 19.1 Å². The van der Waals surface area contributed by atoms with Crippen molar-refractivity contribution >= 4 is 22.7 Å². The molecule has 0 fully saturated rings. The highest BCUT2D eigenvalue weighted by atomic mass is 32.2. The molecule has 0 aliphatic carbocycles. The Kier molecular flexibility index (Phi) is 4.96. The van der Waals surface area contributed by atoms with Gasteiger partial charge in [0, 0.05) is 14.0 Å². The van der Waals surface area contributed by atoms with Crippen LogP contribution >= 0.6 is 11.8 Å². The van der Waals surface area contributed by atoms with Crippen molar-refractivity contribution in [3.8, 4) is 0 Å². The summed E-state index contributed by atoms with van der Waals surface area (Å²) in [4.78, 5) is 17.5. The molecule has 0 amide bonds. The number of methoxy groups -OCH3 is 1. The van der Waals surface area contributed by atoms with Crippen LogP contribution < -0.4 is 5.56 Å². The predicted octanol–water partition coefficient (Wildman–Crippen LogP) is 2.59. The van der Waals surface area contributed by atoms with Gasteiger partial charge in [0.05, 0.1) is 29.3 Å². The average Bonchev–Trinajstić information content (AvgIpc) is 2.98. The number of fused-ring (bicyclic) bond motifs is 1. The third-order valence-corrected chi connectivity index (χ3v) is 4.45. The molecule has 0 bridgehead atoms. The van der Waals surface area contributed by atoms with Gasteiger partial charge in [0.1, 0.15) is 0 Å². The van der Waals surface area contributed by atoms with Crippen molar-refractivity contribution in [3.05, 3.63) is 46.4 Å². The topological polar surface area (TPSA) is 83.0 Å². The fourth-order valence-corrected chi connectivity index (χ4v) is 3.39. The lowest BCUT2D eigenvalue weighted by Crippen LogP contribution is -2.28. The van der Waals surface area contributed by atoms with E-state index in [-0.39, 0.29) is 11.6 Å². The first kappa shape index (κ1) is 16.7. The van der Waals surface area contributed by atoms with E-state index < -0.39 is 0 Å². The Labute approximate surface area is 143 Å². The predicted molar refractivity (Wildman–Crippen MR) is 91.2 cm³/mol. The first-order valence-electron chi connectivity index (χ1n) is 7.52. The van der Waals surface area contributed by atoms with E-state index in [1.165, 1.54) is 11.8 Å². The molecule has 0 saturated carbocycles. The minimum Gasteiger partial charge on any atom is -0.425 e. The lowest BCUT2D eigenvalue weighted by molar-refractivity contribution is 0.156. The van der Waals surface area contributed by atoms with Crippen LogP contribution in [0.15, 0.2) is 38.6 Å². The van der Waals surface area contributed by atoms with Crippen molar-refractivity contribution in [2.45, 2.75) is 30.8 Å². The molecule has 1 atom stereocenters. The zero-order chi connectivity index (χ0) is 17.1. The molecule has 2 heterocycles. The molecule has 0 saturated heterocycles.